The maximum atomic E-state index is 5.86. The van der Waals surface area contributed by atoms with Gasteiger partial charge in [-0.05, 0) is 36.3 Å². The summed E-state index contributed by atoms with van der Waals surface area (Å²) in [5.74, 6) is 1.91. The summed E-state index contributed by atoms with van der Waals surface area (Å²) in [4.78, 5) is 1.14. The lowest BCUT2D eigenvalue weighted by Crippen LogP contribution is -1.91. The van der Waals surface area contributed by atoms with Gasteiger partial charge in [0.25, 0.3) is 0 Å². The van der Waals surface area contributed by atoms with Crippen molar-refractivity contribution in [1.82, 2.24) is 0 Å². The Bertz CT molecular complexity index is 312. The van der Waals surface area contributed by atoms with Crippen LogP contribution in [-0.2, 0) is 0 Å². The summed E-state index contributed by atoms with van der Waals surface area (Å²) in [6.07, 6.45) is 2.52. The Morgan fingerprint density at radius 2 is 2.13 bits per heavy atom. The van der Waals surface area contributed by atoms with Crippen LogP contribution in [0.3, 0.4) is 0 Å². The Morgan fingerprint density at radius 1 is 1.40 bits per heavy atom. The molecule has 0 radical (unpaired) electrons. The maximum Gasteiger partial charge on any atom is 0.0467 e. The number of halogens is 1. The van der Waals surface area contributed by atoms with Crippen molar-refractivity contribution in [2.24, 2.45) is 5.92 Å². The fourth-order valence-electron chi connectivity index (χ4n) is 1.32. The second kappa shape index (κ2) is 6.29. The van der Waals surface area contributed by atoms with Crippen molar-refractivity contribution in [3.8, 4) is 0 Å². The summed E-state index contributed by atoms with van der Waals surface area (Å²) < 4.78 is 0. The van der Waals surface area contributed by atoms with Crippen LogP contribution in [0.5, 0.6) is 0 Å². The van der Waals surface area contributed by atoms with E-state index in [1.807, 2.05) is 30.0 Å². The van der Waals surface area contributed by atoms with Crippen molar-refractivity contribution >= 4 is 29.1 Å². The highest BCUT2D eigenvalue weighted by Gasteiger charge is 2.01. The first-order valence-corrected chi connectivity index (χ1v) is 6.64. The van der Waals surface area contributed by atoms with E-state index < -0.39 is 0 Å². The minimum absolute atomic E-state index is 0.707. The predicted molar refractivity (Wildman–Crippen MR) is 70.7 cm³/mol. The van der Waals surface area contributed by atoms with Crippen LogP contribution in [0.15, 0.2) is 23.1 Å². The molecule has 84 valence electrons. The number of hydrogen-bond donors (Lipinski definition) is 1. The van der Waals surface area contributed by atoms with Crippen LogP contribution in [0.1, 0.15) is 26.7 Å². The Labute approximate surface area is 101 Å². The van der Waals surface area contributed by atoms with Gasteiger partial charge in [0, 0.05) is 15.6 Å². The summed E-state index contributed by atoms with van der Waals surface area (Å²) in [5.41, 5.74) is 6.65. The number of thioether (sulfide) groups is 1. The van der Waals surface area contributed by atoms with Gasteiger partial charge < -0.3 is 5.73 Å². The summed E-state index contributed by atoms with van der Waals surface area (Å²) in [5, 5.41) is 0.707. The first-order valence-electron chi connectivity index (χ1n) is 5.27. The van der Waals surface area contributed by atoms with E-state index in [2.05, 4.69) is 13.8 Å². The quantitative estimate of drug-likeness (QED) is 0.470. The molecule has 0 heterocycles. The second-order valence-electron chi connectivity index (χ2n) is 4.07. The fourth-order valence-corrected chi connectivity index (χ4v) is 2.43. The fraction of sp³-hybridized carbons (Fsp3) is 0.500. The van der Waals surface area contributed by atoms with E-state index in [4.69, 9.17) is 17.3 Å². The van der Waals surface area contributed by atoms with Gasteiger partial charge >= 0.3 is 0 Å². The van der Waals surface area contributed by atoms with Gasteiger partial charge in [0.15, 0.2) is 0 Å². The third kappa shape index (κ3) is 4.80. The molecule has 1 aromatic carbocycles. The molecule has 0 saturated carbocycles. The Hall–Kier alpha value is -0.340. The van der Waals surface area contributed by atoms with E-state index in [-0.39, 0.29) is 0 Å². The Kier molecular flexibility index (Phi) is 5.34. The van der Waals surface area contributed by atoms with Crippen LogP contribution in [0.25, 0.3) is 0 Å². The van der Waals surface area contributed by atoms with Crippen LogP contribution in [0.4, 0.5) is 5.69 Å². The third-order valence-electron chi connectivity index (χ3n) is 2.16. The van der Waals surface area contributed by atoms with Crippen LogP contribution in [0, 0.1) is 5.92 Å². The Morgan fingerprint density at radius 3 is 2.73 bits per heavy atom. The lowest BCUT2D eigenvalue weighted by Gasteiger charge is -2.06. The van der Waals surface area contributed by atoms with E-state index in [0.29, 0.717) is 5.02 Å². The highest BCUT2D eigenvalue weighted by molar-refractivity contribution is 7.99. The zero-order valence-electron chi connectivity index (χ0n) is 9.29. The smallest absolute Gasteiger partial charge is 0.0467 e. The first-order chi connectivity index (χ1) is 7.09. The van der Waals surface area contributed by atoms with Crippen molar-refractivity contribution in [3.05, 3.63) is 23.2 Å². The zero-order chi connectivity index (χ0) is 11.3. The van der Waals surface area contributed by atoms with Gasteiger partial charge in [-0.2, -0.15) is 0 Å². The molecule has 0 fully saturated rings. The van der Waals surface area contributed by atoms with E-state index in [1.165, 1.54) is 12.8 Å². The molecule has 1 rings (SSSR count). The molecule has 0 unspecified atom stereocenters. The van der Waals surface area contributed by atoms with Crippen LogP contribution in [-0.4, -0.2) is 5.75 Å². The van der Waals surface area contributed by atoms with Gasteiger partial charge in [-0.1, -0.05) is 31.9 Å². The van der Waals surface area contributed by atoms with Crippen molar-refractivity contribution in [1.29, 1.82) is 0 Å². The number of benzene rings is 1. The second-order valence-corrected chi connectivity index (χ2v) is 5.64. The number of anilines is 1. The van der Waals surface area contributed by atoms with E-state index in [0.717, 1.165) is 22.3 Å². The molecule has 0 aliphatic carbocycles. The number of nitrogen functional groups attached to an aromatic ring is 1. The summed E-state index contributed by atoms with van der Waals surface area (Å²) >= 11 is 7.64. The topological polar surface area (TPSA) is 26.0 Å². The lowest BCUT2D eigenvalue weighted by molar-refractivity contribution is 0.579. The van der Waals surface area contributed by atoms with Crippen LogP contribution < -0.4 is 5.73 Å². The van der Waals surface area contributed by atoms with Gasteiger partial charge in [-0.15, -0.1) is 11.8 Å². The molecule has 0 bridgehead atoms. The molecule has 0 spiro atoms. The van der Waals surface area contributed by atoms with Gasteiger partial charge in [0.1, 0.15) is 0 Å². The molecule has 1 nitrogen and oxygen atoms in total. The first kappa shape index (κ1) is 12.7. The molecule has 0 amide bonds. The number of hydrogen-bond acceptors (Lipinski definition) is 2. The maximum absolute atomic E-state index is 5.86. The minimum atomic E-state index is 0.707. The molecule has 2 N–H and O–H groups in total. The normalized spacial score (nSPS) is 10.9. The lowest BCUT2D eigenvalue weighted by atomic mass is 10.1. The minimum Gasteiger partial charge on any atom is -0.398 e. The van der Waals surface area contributed by atoms with Gasteiger partial charge in [-0.25, -0.2) is 0 Å². The SMILES string of the molecule is CC(C)CCCSc1ccc(Cl)cc1N. The third-order valence-corrected chi connectivity index (χ3v) is 3.57. The Balaban J connectivity index is 2.37. The molecular formula is C12H18ClNS. The van der Waals surface area contributed by atoms with Crippen molar-refractivity contribution in [2.45, 2.75) is 31.6 Å². The van der Waals surface area contributed by atoms with Crippen LogP contribution in [0.2, 0.25) is 5.02 Å². The van der Waals surface area contributed by atoms with Crippen molar-refractivity contribution in [2.75, 3.05) is 11.5 Å². The largest absolute Gasteiger partial charge is 0.398 e. The van der Waals surface area contributed by atoms with Gasteiger partial charge in [0.05, 0.1) is 0 Å². The standard InChI is InChI=1S/C12H18ClNS/c1-9(2)4-3-7-15-12-6-5-10(13)8-11(12)14/h5-6,8-9H,3-4,7,14H2,1-2H3. The highest BCUT2D eigenvalue weighted by atomic mass is 35.5. The molecule has 15 heavy (non-hydrogen) atoms. The zero-order valence-corrected chi connectivity index (χ0v) is 10.9. The average molecular weight is 244 g/mol. The van der Waals surface area contributed by atoms with Gasteiger partial charge in [-0.3, -0.25) is 0 Å². The molecular weight excluding hydrogens is 226 g/mol. The van der Waals surface area contributed by atoms with Gasteiger partial charge in [0.2, 0.25) is 0 Å². The molecule has 0 aliphatic heterocycles. The van der Waals surface area contributed by atoms with Crippen molar-refractivity contribution < 1.29 is 0 Å². The van der Waals surface area contributed by atoms with Crippen molar-refractivity contribution in [3.63, 3.8) is 0 Å². The molecule has 3 heteroatoms. The van der Waals surface area contributed by atoms with Crippen LogP contribution >= 0.6 is 23.4 Å². The summed E-state index contributed by atoms with van der Waals surface area (Å²) in [7, 11) is 0. The predicted octanol–water partition coefficient (Wildman–Crippen LogP) is 4.45. The van der Waals surface area contributed by atoms with E-state index >= 15 is 0 Å². The molecule has 0 atom stereocenters. The molecule has 0 aliphatic rings. The average Bonchev–Trinajstić information content (AvgIpc) is 2.14. The molecule has 1 aromatic rings. The van der Waals surface area contributed by atoms with E-state index in [1.54, 1.807) is 0 Å². The van der Waals surface area contributed by atoms with E-state index in [9.17, 15) is 0 Å². The summed E-state index contributed by atoms with van der Waals surface area (Å²) in [6.45, 7) is 4.50. The number of nitrogens with two attached hydrogens (primary N) is 1. The monoisotopic (exact) mass is 243 g/mol. The number of rotatable bonds is 5. The summed E-state index contributed by atoms with van der Waals surface area (Å²) in [6, 6.07) is 5.70. The molecule has 0 aromatic heterocycles. The molecule has 0 saturated heterocycles. The highest BCUT2D eigenvalue weighted by Crippen LogP contribution is 2.28.